The number of aliphatic hydroxyl groups excluding tert-OH is 1. The molecule has 88 valence electrons. The number of halogens is 1. The predicted octanol–water partition coefficient (Wildman–Crippen LogP) is 2.56. The van der Waals surface area contributed by atoms with Crippen molar-refractivity contribution in [3.05, 3.63) is 28.8 Å². The molecule has 4 heteroatoms. The molecule has 1 aromatic rings. The summed E-state index contributed by atoms with van der Waals surface area (Å²) in [6.45, 7) is 0.556. The van der Waals surface area contributed by atoms with E-state index in [-0.39, 0.29) is 12.2 Å². The maximum atomic E-state index is 9.63. The Morgan fingerprint density at radius 2 is 2.31 bits per heavy atom. The largest absolute Gasteiger partial charge is 0.496 e. The van der Waals surface area contributed by atoms with Crippen molar-refractivity contribution < 1.29 is 14.6 Å². The fourth-order valence-corrected chi connectivity index (χ4v) is 2.28. The van der Waals surface area contributed by atoms with Gasteiger partial charge in [-0.1, -0.05) is 17.7 Å². The van der Waals surface area contributed by atoms with Crippen LogP contribution in [0.3, 0.4) is 0 Å². The molecule has 2 atom stereocenters. The second kappa shape index (κ2) is 5.04. The van der Waals surface area contributed by atoms with E-state index in [4.69, 9.17) is 21.1 Å². The predicted molar refractivity (Wildman–Crippen MR) is 61.9 cm³/mol. The van der Waals surface area contributed by atoms with Crippen molar-refractivity contribution in [2.75, 3.05) is 13.7 Å². The number of ether oxygens (including phenoxy) is 2. The van der Waals surface area contributed by atoms with Crippen LogP contribution in [-0.4, -0.2) is 24.9 Å². The normalized spacial score (nSPS) is 25.4. The van der Waals surface area contributed by atoms with Crippen LogP contribution in [0.15, 0.2) is 18.2 Å². The van der Waals surface area contributed by atoms with Crippen LogP contribution in [0, 0.1) is 0 Å². The lowest BCUT2D eigenvalue weighted by Gasteiger charge is -2.28. The summed E-state index contributed by atoms with van der Waals surface area (Å²) in [4.78, 5) is 0. The molecule has 1 fully saturated rings. The van der Waals surface area contributed by atoms with Crippen molar-refractivity contribution in [1.82, 2.24) is 0 Å². The van der Waals surface area contributed by atoms with Gasteiger partial charge in [0.15, 0.2) is 0 Å². The van der Waals surface area contributed by atoms with Gasteiger partial charge >= 0.3 is 0 Å². The molecule has 0 bridgehead atoms. The third kappa shape index (κ3) is 2.32. The van der Waals surface area contributed by atoms with Gasteiger partial charge in [-0.2, -0.15) is 0 Å². The van der Waals surface area contributed by atoms with E-state index in [2.05, 4.69) is 0 Å². The molecular formula is C12H15ClO3. The first-order chi connectivity index (χ1) is 7.72. The Hall–Kier alpha value is -0.770. The Bertz CT molecular complexity index is 367. The Labute approximate surface area is 99.9 Å². The summed E-state index contributed by atoms with van der Waals surface area (Å²) in [5.74, 6) is 0.714. The number of methoxy groups -OCH3 is 1. The summed E-state index contributed by atoms with van der Waals surface area (Å²) < 4.78 is 10.9. The molecule has 1 heterocycles. The van der Waals surface area contributed by atoms with Gasteiger partial charge in [0.2, 0.25) is 0 Å². The smallest absolute Gasteiger partial charge is 0.126 e. The monoisotopic (exact) mass is 242 g/mol. The van der Waals surface area contributed by atoms with E-state index in [1.165, 1.54) is 0 Å². The maximum absolute atomic E-state index is 9.63. The summed E-state index contributed by atoms with van der Waals surface area (Å²) in [6.07, 6.45) is 0.760. The van der Waals surface area contributed by atoms with Crippen molar-refractivity contribution in [3.63, 3.8) is 0 Å². The molecule has 2 unspecified atom stereocenters. The number of rotatable bonds is 2. The van der Waals surface area contributed by atoms with Crippen LogP contribution in [0.2, 0.25) is 5.02 Å². The first-order valence-electron chi connectivity index (χ1n) is 5.34. The van der Waals surface area contributed by atoms with E-state index in [0.717, 1.165) is 5.56 Å². The van der Waals surface area contributed by atoms with Crippen LogP contribution in [-0.2, 0) is 4.74 Å². The molecule has 1 saturated heterocycles. The van der Waals surface area contributed by atoms with Crippen LogP contribution in [0.1, 0.15) is 24.5 Å². The molecule has 0 spiro atoms. The Morgan fingerprint density at radius 3 is 3.00 bits per heavy atom. The lowest BCUT2D eigenvalue weighted by Crippen LogP contribution is -2.23. The molecule has 0 amide bonds. The van der Waals surface area contributed by atoms with Crippen LogP contribution < -0.4 is 4.74 Å². The summed E-state index contributed by atoms with van der Waals surface area (Å²) in [7, 11) is 1.61. The van der Waals surface area contributed by atoms with Gasteiger partial charge in [0.1, 0.15) is 5.75 Å². The average molecular weight is 243 g/mol. The first-order valence-corrected chi connectivity index (χ1v) is 5.72. The zero-order valence-corrected chi connectivity index (χ0v) is 9.91. The second-order valence-electron chi connectivity index (χ2n) is 3.89. The minimum absolute atomic E-state index is 0.174. The van der Waals surface area contributed by atoms with E-state index in [0.29, 0.717) is 30.2 Å². The van der Waals surface area contributed by atoms with Gasteiger partial charge in [-0.25, -0.2) is 0 Å². The fourth-order valence-electron chi connectivity index (χ4n) is 1.99. The average Bonchev–Trinajstić information content (AvgIpc) is 2.28. The highest BCUT2D eigenvalue weighted by atomic mass is 35.5. The zero-order chi connectivity index (χ0) is 11.5. The van der Waals surface area contributed by atoms with Gasteiger partial charge in [-0.05, 0) is 18.6 Å². The maximum Gasteiger partial charge on any atom is 0.126 e. The lowest BCUT2D eigenvalue weighted by atomic mass is 9.98. The molecule has 1 aromatic carbocycles. The van der Waals surface area contributed by atoms with E-state index >= 15 is 0 Å². The zero-order valence-electron chi connectivity index (χ0n) is 9.15. The van der Waals surface area contributed by atoms with Gasteiger partial charge in [0.25, 0.3) is 0 Å². The van der Waals surface area contributed by atoms with Gasteiger partial charge < -0.3 is 14.6 Å². The standard InChI is InChI=1S/C12H15ClO3/c1-15-10-4-2-3-9(13)12(10)11-7-8(14)5-6-16-11/h2-4,8,11,14H,5-7H2,1H3. The van der Waals surface area contributed by atoms with Gasteiger partial charge in [0, 0.05) is 18.6 Å². The van der Waals surface area contributed by atoms with E-state index in [9.17, 15) is 5.11 Å². The summed E-state index contributed by atoms with van der Waals surface area (Å²) >= 11 is 6.15. The van der Waals surface area contributed by atoms with Crippen molar-refractivity contribution in [3.8, 4) is 5.75 Å². The summed E-state index contributed by atoms with van der Waals surface area (Å²) in [5, 5.41) is 10.3. The van der Waals surface area contributed by atoms with Crippen LogP contribution in [0.5, 0.6) is 5.75 Å². The number of hydrogen-bond acceptors (Lipinski definition) is 3. The molecular weight excluding hydrogens is 228 g/mol. The molecule has 0 aromatic heterocycles. The fraction of sp³-hybridized carbons (Fsp3) is 0.500. The van der Waals surface area contributed by atoms with Crippen LogP contribution >= 0.6 is 11.6 Å². The number of hydrogen-bond donors (Lipinski definition) is 1. The highest BCUT2D eigenvalue weighted by Gasteiger charge is 2.26. The van der Waals surface area contributed by atoms with E-state index in [1.54, 1.807) is 7.11 Å². The molecule has 16 heavy (non-hydrogen) atoms. The number of benzene rings is 1. The molecule has 1 aliphatic heterocycles. The molecule has 2 rings (SSSR count). The Morgan fingerprint density at radius 1 is 1.50 bits per heavy atom. The summed E-state index contributed by atoms with van der Waals surface area (Å²) in [5.41, 5.74) is 0.838. The molecule has 0 radical (unpaired) electrons. The third-order valence-corrected chi connectivity index (χ3v) is 3.14. The topological polar surface area (TPSA) is 38.7 Å². The third-order valence-electron chi connectivity index (χ3n) is 2.81. The molecule has 3 nitrogen and oxygen atoms in total. The van der Waals surface area contributed by atoms with Crippen molar-refractivity contribution in [1.29, 1.82) is 0 Å². The Balaban J connectivity index is 2.30. The lowest BCUT2D eigenvalue weighted by molar-refractivity contribution is -0.0455. The van der Waals surface area contributed by atoms with Crippen LogP contribution in [0.4, 0.5) is 0 Å². The number of aliphatic hydroxyl groups is 1. The molecule has 1 aliphatic rings. The van der Waals surface area contributed by atoms with Gasteiger partial charge in [-0.3, -0.25) is 0 Å². The van der Waals surface area contributed by atoms with E-state index < -0.39 is 0 Å². The SMILES string of the molecule is COc1cccc(Cl)c1C1CC(O)CCO1. The summed E-state index contributed by atoms with van der Waals surface area (Å²) in [6, 6.07) is 5.50. The molecule has 0 saturated carbocycles. The van der Waals surface area contributed by atoms with Crippen LogP contribution in [0.25, 0.3) is 0 Å². The van der Waals surface area contributed by atoms with Crippen molar-refractivity contribution in [2.45, 2.75) is 25.0 Å². The quantitative estimate of drug-likeness (QED) is 0.866. The highest BCUT2D eigenvalue weighted by Crippen LogP contribution is 2.38. The minimum Gasteiger partial charge on any atom is -0.496 e. The van der Waals surface area contributed by atoms with Gasteiger partial charge in [0.05, 0.1) is 24.3 Å². The van der Waals surface area contributed by atoms with Crippen molar-refractivity contribution >= 4 is 11.6 Å². The first kappa shape index (κ1) is 11.7. The van der Waals surface area contributed by atoms with E-state index in [1.807, 2.05) is 18.2 Å². The van der Waals surface area contributed by atoms with Crippen molar-refractivity contribution in [2.24, 2.45) is 0 Å². The minimum atomic E-state index is -0.320. The molecule has 1 N–H and O–H groups in total. The molecule has 0 aliphatic carbocycles. The Kier molecular flexibility index (Phi) is 3.69. The second-order valence-corrected chi connectivity index (χ2v) is 4.30. The van der Waals surface area contributed by atoms with Gasteiger partial charge in [-0.15, -0.1) is 0 Å². The highest BCUT2D eigenvalue weighted by molar-refractivity contribution is 6.31.